The predicted octanol–water partition coefficient (Wildman–Crippen LogP) is 5.22. The molecule has 0 radical (unpaired) electrons. The molecule has 0 aliphatic rings. The van der Waals surface area contributed by atoms with Crippen molar-refractivity contribution in [1.82, 2.24) is 4.98 Å². The minimum Gasteiger partial charge on any atom is -0.357 e. The molecule has 0 aliphatic carbocycles. The van der Waals surface area contributed by atoms with Crippen molar-refractivity contribution >= 4 is 17.4 Å². The second kappa shape index (κ2) is 8.07. The van der Waals surface area contributed by atoms with Crippen molar-refractivity contribution in [2.24, 2.45) is 0 Å². The van der Waals surface area contributed by atoms with Crippen molar-refractivity contribution < 1.29 is 31.1 Å². The zero-order valence-corrected chi connectivity index (χ0v) is 14.9. The number of halogens is 6. The van der Waals surface area contributed by atoms with E-state index in [0.29, 0.717) is 31.0 Å². The molecule has 0 bridgehead atoms. The number of benzene rings is 1. The van der Waals surface area contributed by atoms with Crippen LogP contribution in [0.3, 0.4) is 0 Å². The molecule has 1 heterocycles. The number of alkyl halides is 6. The van der Waals surface area contributed by atoms with Gasteiger partial charge in [0.05, 0.1) is 23.0 Å². The highest BCUT2D eigenvalue weighted by Gasteiger charge is 2.37. The van der Waals surface area contributed by atoms with Gasteiger partial charge in [0.1, 0.15) is 5.82 Å². The van der Waals surface area contributed by atoms with Crippen LogP contribution in [0.5, 0.6) is 0 Å². The summed E-state index contributed by atoms with van der Waals surface area (Å²) in [6.07, 6.45) is -8.77. The van der Waals surface area contributed by atoms with Gasteiger partial charge in [-0.05, 0) is 44.2 Å². The average Bonchev–Trinajstić information content (AvgIpc) is 2.62. The Hall–Kier alpha value is -2.78. The van der Waals surface area contributed by atoms with E-state index in [1.807, 2.05) is 18.7 Å². The molecule has 0 fully saturated rings. The Kier molecular flexibility index (Phi) is 6.20. The molecule has 0 aliphatic heterocycles. The number of hydrogen-bond donors (Lipinski definition) is 1. The van der Waals surface area contributed by atoms with Crippen LogP contribution in [0.25, 0.3) is 0 Å². The van der Waals surface area contributed by atoms with Gasteiger partial charge in [-0.25, -0.2) is 4.98 Å². The van der Waals surface area contributed by atoms with Gasteiger partial charge in [-0.1, -0.05) is 0 Å². The van der Waals surface area contributed by atoms with E-state index in [4.69, 9.17) is 0 Å². The van der Waals surface area contributed by atoms with Gasteiger partial charge in [0.2, 0.25) is 0 Å². The molecule has 1 aromatic heterocycles. The smallest absolute Gasteiger partial charge is 0.357 e. The van der Waals surface area contributed by atoms with E-state index >= 15 is 0 Å². The molecule has 0 saturated heterocycles. The lowest BCUT2D eigenvalue weighted by Gasteiger charge is -2.19. The summed E-state index contributed by atoms with van der Waals surface area (Å²) >= 11 is 0. The van der Waals surface area contributed by atoms with Crippen LogP contribution in [0.2, 0.25) is 0 Å². The number of hydrogen-bond acceptors (Lipinski definition) is 3. The number of nitrogens with zero attached hydrogens (tertiary/aromatic N) is 2. The Labute approximate surface area is 157 Å². The van der Waals surface area contributed by atoms with E-state index in [-0.39, 0.29) is 11.8 Å². The number of aromatic nitrogens is 1. The molecule has 152 valence electrons. The monoisotopic (exact) mass is 405 g/mol. The number of nitrogens with one attached hydrogen (secondary N) is 1. The Bertz CT molecular complexity index is 794. The Morgan fingerprint density at radius 1 is 0.964 bits per heavy atom. The largest absolute Gasteiger partial charge is 0.416 e. The predicted molar refractivity (Wildman–Crippen MR) is 92.2 cm³/mol. The summed E-state index contributed by atoms with van der Waals surface area (Å²) in [5.74, 6) is -0.476. The summed E-state index contributed by atoms with van der Waals surface area (Å²) in [6, 6.07) is 3.79. The first-order valence-corrected chi connectivity index (χ1v) is 8.27. The molecule has 1 aromatic carbocycles. The lowest BCUT2D eigenvalue weighted by molar-refractivity contribution is -0.143. The summed E-state index contributed by atoms with van der Waals surface area (Å²) in [6.45, 7) is 5.23. The van der Waals surface area contributed by atoms with Gasteiger partial charge in [0, 0.05) is 18.7 Å². The number of rotatable bonds is 5. The van der Waals surface area contributed by atoms with Crippen molar-refractivity contribution in [1.29, 1.82) is 0 Å². The van der Waals surface area contributed by atoms with Crippen molar-refractivity contribution in [3.05, 3.63) is 53.2 Å². The third kappa shape index (κ3) is 5.14. The van der Waals surface area contributed by atoms with Crippen LogP contribution in [0, 0.1) is 0 Å². The molecule has 0 unspecified atom stereocenters. The van der Waals surface area contributed by atoms with E-state index < -0.39 is 35.0 Å². The third-order valence-corrected chi connectivity index (χ3v) is 3.94. The molecule has 28 heavy (non-hydrogen) atoms. The fourth-order valence-corrected chi connectivity index (χ4v) is 2.48. The van der Waals surface area contributed by atoms with Crippen LogP contribution < -0.4 is 10.2 Å². The molecule has 4 nitrogen and oxygen atoms in total. The lowest BCUT2D eigenvalue weighted by atomic mass is 10.0. The second-order valence-electron chi connectivity index (χ2n) is 5.83. The van der Waals surface area contributed by atoms with Gasteiger partial charge in [0.25, 0.3) is 5.91 Å². The zero-order chi connectivity index (χ0) is 21.1. The molecular formula is C18H17F6N3O. The number of anilines is 2. The van der Waals surface area contributed by atoms with Crippen LogP contribution >= 0.6 is 0 Å². The highest BCUT2D eigenvalue weighted by molar-refractivity contribution is 6.04. The van der Waals surface area contributed by atoms with Crippen LogP contribution in [-0.2, 0) is 12.4 Å². The van der Waals surface area contributed by atoms with Crippen LogP contribution in [0.15, 0.2) is 36.5 Å². The zero-order valence-electron chi connectivity index (χ0n) is 14.9. The number of pyridine rings is 1. The first-order chi connectivity index (χ1) is 13.0. The van der Waals surface area contributed by atoms with E-state index in [2.05, 4.69) is 10.3 Å². The van der Waals surface area contributed by atoms with E-state index in [9.17, 15) is 31.1 Å². The van der Waals surface area contributed by atoms with Gasteiger partial charge >= 0.3 is 12.4 Å². The molecular weight excluding hydrogens is 388 g/mol. The molecule has 1 amide bonds. The minimum absolute atomic E-state index is 0.0305. The van der Waals surface area contributed by atoms with Crippen LogP contribution in [0.4, 0.5) is 37.8 Å². The van der Waals surface area contributed by atoms with Gasteiger partial charge in [-0.3, -0.25) is 4.79 Å². The number of carbonyl (C=O) groups is 1. The topological polar surface area (TPSA) is 45.2 Å². The van der Waals surface area contributed by atoms with Crippen molar-refractivity contribution in [3.8, 4) is 0 Å². The van der Waals surface area contributed by atoms with Gasteiger partial charge < -0.3 is 10.2 Å². The first-order valence-electron chi connectivity index (χ1n) is 8.27. The standard InChI is InChI=1S/C18H17F6N3O/c1-3-27(4-2)15-6-5-14(10-25-15)26-16(28)11-7-12(17(19,20)21)9-13(8-11)18(22,23)24/h5-10H,3-4H2,1-2H3,(H,26,28). The summed E-state index contributed by atoms with van der Waals surface area (Å²) < 4.78 is 77.4. The first kappa shape index (κ1) is 21.5. The Morgan fingerprint density at radius 2 is 1.50 bits per heavy atom. The lowest BCUT2D eigenvalue weighted by Crippen LogP contribution is -2.23. The maximum Gasteiger partial charge on any atom is 0.416 e. The quantitative estimate of drug-likeness (QED) is 0.694. The fraction of sp³-hybridized carbons (Fsp3) is 0.333. The minimum atomic E-state index is -5.02. The fourth-order valence-electron chi connectivity index (χ4n) is 2.48. The van der Waals surface area contributed by atoms with Gasteiger partial charge in [-0.2, -0.15) is 26.3 Å². The summed E-state index contributed by atoms with van der Waals surface area (Å²) in [5, 5.41) is 2.26. The molecule has 1 N–H and O–H groups in total. The molecule has 10 heteroatoms. The number of amides is 1. The molecule has 0 atom stereocenters. The van der Waals surface area contributed by atoms with Gasteiger partial charge in [-0.15, -0.1) is 0 Å². The summed E-state index contributed by atoms with van der Waals surface area (Å²) in [5.41, 5.74) is -3.72. The summed E-state index contributed by atoms with van der Waals surface area (Å²) in [4.78, 5) is 18.3. The second-order valence-corrected chi connectivity index (χ2v) is 5.83. The summed E-state index contributed by atoms with van der Waals surface area (Å²) in [7, 11) is 0. The maximum atomic E-state index is 12.9. The van der Waals surface area contributed by atoms with Crippen molar-refractivity contribution in [2.75, 3.05) is 23.3 Å². The average molecular weight is 405 g/mol. The Balaban J connectivity index is 2.31. The number of carbonyl (C=O) groups excluding carboxylic acids is 1. The molecule has 0 spiro atoms. The van der Waals surface area contributed by atoms with Crippen LogP contribution in [-0.4, -0.2) is 24.0 Å². The normalized spacial score (nSPS) is 12.0. The van der Waals surface area contributed by atoms with E-state index in [1.54, 1.807) is 6.07 Å². The molecule has 2 aromatic rings. The SMILES string of the molecule is CCN(CC)c1ccc(NC(=O)c2cc(C(F)(F)F)cc(C(F)(F)F)c2)cn1. The molecule has 2 rings (SSSR count). The highest BCUT2D eigenvalue weighted by Crippen LogP contribution is 2.36. The van der Waals surface area contributed by atoms with Crippen molar-refractivity contribution in [3.63, 3.8) is 0 Å². The van der Waals surface area contributed by atoms with Crippen molar-refractivity contribution in [2.45, 2.75) is 26.2 Å². The highest BCUT2D eigenvalue weighted by atomic mass is 19.4. The molecule has 0 saturated carbocycles. The third-order valence-electron chi connectivity index (χ3n) is 3.94. The maximum absolute atomic E-state index is 12.9. The van der Waals surface area contributed by atoms with E-state index in [0.717, 1.165) is 0 Å². The van der Waals surface area contributed by atoms with Gasteiger partial charge in [0.15, 0.2) is 0 Å². The Morgan fingerprint density at radius 3 is 1.89 bits per heavy atom. The van der Waals surface area contributed by atoms with Crippen LogP contribution in [0.1, 0.15) is 35.3 Å². The van der Waals surface area contributed by atoms with E-state index in [1.165, 1.54) is 12.3 Å².